The summed E-state index contributed by atoms with van der Waals surface area (Å²) >= 11 is 0. The summed E-state index contributed by atoms with van der Waals surface area (Å²) in [4.78, 5) is 36.2. The second-order valence-electron chi connectivity index (χ2n) is 7.60. The van der Waals surface area contributed by atoms with Crippen molar-refractivity contribution in [1.82, 2.24) is 5.32 Å². The Morgan fingerprint density at radius 1 is 0.963 bits per heavy atom. The summed E-state index contributed by atoms with van der Waals surface area (Å²) in [7, 11) is 0. The number of benzene rings is 2. The molecule has 2 aromatic rings. The normalized spacial score (nSPS) is 11.0. The Labute approximate surface area is 159 Å². The van der Waals surface area contributed by atoms with Crippen LogP contribution in [0.25, 0.3) is 0 Å². The fourth-order valence-corrected chi connectivity index (χ4v) is 2.52. The molecule has 2 aromatic carbocycles. The van der Waals surface area contributed by atoms with Crippen LogP contribution in [0.1, 0.15) is 58.2 Å². The van der Waals surface area contributed by atoms with Gasteiger partial charge >= 0.3 is 5.97 Å². The smallest absolute Gasteiger partial charge is 0.338 e. The van der Waals surface area contributed by atoms with Gasteiger partial charge in [-0.15, -0.1) is 0 Å². The number of nitrogens with one attached hydrogen (secondary N) is 1. The van der Waals surface area contributed by atoms with Gasteiger partial charge < -0.3 is 4.74 Å². The number of carbonyl (C=O) groups is 3. The third-order valence-corrected chi connectivity index (χ3v) is 4.21. The van der Waals surface area contributed by atoms with Crippen molar-refractivity contribution in [3.8, 4) is 0 Å². The first-order valence-corrected chi connectivity index (χ1v) is 8.77. The van der Waals surface area contributed by atoms with Gasteiger partial charge in [0.2, 0.25) is 0 Å². The summed E-state index contributed by atoms with van der Waals surface area (Å²) in [5.41, 5.74) is 3.54. The summed E-state index contributed by atoms with van der Waals surface area (Å²) in [5, 5.41) is 2.23. The van der Waals surface area contributed by atoms with Gasteiger partial charge in [-0.25, -0.2) is 4.79 Å². The predicted octanol–water partition coefficient (Wildman–Crippen LogP) is 3.71. The van der Waals surface area contributed by atoms with Crippen LogP contribution in [0.3, 0.4) is 0 Å². The number of imide groups is 1. The Kier molecular flexibility index (Phi) is 6.16. The lowest BCUT2D eigenvalue weighted by Gasteiger charge is -2.19. The van der Waals surface area contributed by atoms with Crippen LogP contribution in [-0.4, -0.2) is 24.4 Å². The number of amides is 2. The quantitative estimate of drug-likeness (QED) is 0.836. The van der Waals surface area contributed by atoms with Crippen molar-refractivity contribution in [2.45, 2.75) is 40.0 Å². The summed E-state index contributed by atoms with van der Waals surface area (Å²) in [6, 6.07) is 12.5. The number of aryl methyl sites for hydroxylation is 2. The van der Waals surface area contributed by atoms with E-state index in [1.165, 1.54) is 0 Å². The van der Waals surface area contributed by atoms with Gasteiger partial charge in [-0.05, 0) is 48.6 Å². The van der Waals surface area contributed by atoms with Gasteiger partial charge in [0, 0.05) is 5.56 Å². The molecular weight excluding hydrogens is 342 g/mol. The molecule has 0 spiro atoms. The maximum absolute atomic E-state index is 12.2. The van der Waals surface area contributed by atoms with Crippen LogP contribution >= 0.6 is 0 Å². The molecule has 0 saturated heterocycles. The molecule has 0 aliphatic rings. The van der Waals surface area contributed by atoms with E-state index in [9.17, 15) is 14.4 Å². The fourth-order valence-electron chi connectivity index (χ4n) is 2.52. The fraction of sp³-hybridized carbons (Fsp3) is 0.318. The number of rotatable bonds is 4. The lowest BCUT2D eigenvalue weighted by Crippen LogP contribution is -2.34. The minimum Gasteiger partial charge on any atom is -0.452 e. The average molecular weight is 367 g/mol. The van der Waals surface area contributed by atoms with E-state index in [0.717, 1.165) is 16.7 Å². The SMILES string of the molecule is Cc1ccc(C)c(C(=O)OCC(=O)NC(=O)c2ccc(C(C)(C)C)cc2)c1. The van der Waals surface area contributed by atoms with Crippen molar-refractivity contribution >= 4 is 17.8 Å². The van der Waals surface area contributed by atoms with E-state index < -0.39 is 24.4 Å². The van der Waals surface area contributed by atoms with Crippen molar-refractivity contribution in [1.29, 1.82) is 0 Å². The highest BCUT2D eigenvalue weighted by molar-refractivity contribution is 6.05. The molecule has 0 heterocycles. The topological polar surface area (TPSA) is 72.5 Å². The molecular formula is C22H25NO4. The van der Waals surface area contributed by atoms with E-state index in [2.05, 4.69) is 26.1 Å². The molecule has 0 aliphatic carbocycles. The van der Waals surface area contributed by atoms with Gasteiger partial charge in [-0.2, -0.15) is 0 Å². The van der Waals surface area contributed by atoms with Gasteiger partial charge in [-0.1, -0.05) is 50.6 Å². The van der Waals surface area contributed by atoms with Crippen molar-refractivity contribution in [2.75, 3.05) is 6.61 Å². The zero-order valence-corrected chi connectivity index (χ0v) is 16.4. The molecule has 2 rings (SSSR count). The Balaban J connectivity index is 1.92. The maximum atomic E-state index is 12.2. The molecule has 0 fully saturated rings. The minimum atomic E-state index is -0.668. The number of ether oxygens (including phenoxy) is 1. The largest absolute Gasteiger partial charge is 0.452 e. The summed E-state index contributed by atoms with van der Waals surface area (Å²) in [6.45, 7) is 9.38. The minimum absolute atomic E-state index is 0.0209. The zero-order chi connectivity index (χ0) is 20.2. The van der Waals surface area contributed by atoms with E-state index in [-0.39, 0.29) is 5.41 Å². The molecule has 0 radical (unpaired) electrons. The predicted molar refractivity (Wildman–Crippen MR) is 104 cm³/mol. The monoisotopic (exact) mass is 367 g/mol. The molecule has 0 saturated carbocycles. The summed E-state index contributed by atoms with van der Waals surface area (Å²) in [5.74, 6) is -1.78. The molecule has 27 heavy (non-hydrogen) atoms. The summed E-state index contributed by atoms with van der Waals surface area (Å²) in [6.07, 6.45) is 0. The maximum Gasteiger partial charge on any atom is 0.338 e. The highest BCUT2D eigenvalue weighted by atomic mass is 16.5. The Morgan fingerprint density at radius 3 is 2.19 bits per heavy atom. The number of esters is 1. The van der Waals surface area contributed by atoms with E-state index in [1.54, 1.807) is 25.1 Å². The van der Waals surface area contributed by atoms with Gasteiger partial charge in [0.15, 0.2) is 6.61 Å². The lowest BCUT2D eigenvalue weighted by molar-refractivity contribution is -0.123. The number of hydrogen-bond donors (Lipinski definition) is 1. The number of carbonyl (C=O) groups excluding carboxylic acids is 3. The summed E-state index contributed by atoms with van der Waals surface area (Å²) < 4.78 is 5.02. The molecule has 5 heteroatoms. The Bertz CT molecular complexity index is 861. The van der Waals surface area contributed by atoms with E-state index in [4.69, 9.17) is 4.74 Å². The van der Waals surface area contributed by atoms with Crippen molar-refractivity contribution in [2.24, 2.45) is 0 Å². The van der Waals surface area contributed by atoms with Crippen LogP contribution in [0.5, 0.6) is 0 Å². The third-order valence-electron chi connectivity index (χ3n) is 4.21. The molecule has 5 nitrogen and oxygen atoms in total. The highest BCUT2D eigenvalue weighted by Crippen LogP contribution is 2.22. The van der Waals surface area contributed by atoms with Crippen LogP contribution in [0.15, 0.2) is 42.5 Å². The molecule has 2 amide bonds. The van der Waals surface area contributed by atoms with Gasteiger partial charge in [0.05, 0.1) is 5.56 Å². The molecule has 1 N–H and O–H groups in total. The third kappa shape index (κ3) is 5.51. The van der Waals surface area contributed by atoms with Crippen molar-refractivity contribution in [3.05, 3.63) is 70.3 Å². The van der Waals surface area contributed by atoms with Crippen LogP contribution in [0.2, 0.25) is 0 Å². The van der Waals surface area contributed by atoms with E-state index in [0.29, 0.717) is 11.1 Å². The van der Waals surface area contributed by atoms with Crippen LogP contribution < -0.4 is 5.32 Å². The van der Waals surface area contributed by atoms with Gasteiger partial charge in [0.25, 0.3) is 11.8 Å². The van der Waals surface area contributed by atoms with E-state index in [1.807, 2.05) is 31.2 Å². The average Bonchev–Trinajstić information content (AvgIpc) is 2.61. The zero-order valence-electron chi connectivity index (χ0n) is 16.4. The van der Waals surface area contributed by atoms with E-state index >= 15 is 0 Å². The Morgan fingerprint density at radius 2 is 1.59 bits per heavy atom. The second-order valence-corrected chi connectivity index (χ2v) is 7.60. The first-order valence-electron chi connectivity index (χ1n) is 8.77. The van der Waals surface area contributed by atoms with Crippen LogP contribution in [0.4, 0.5) is 0 Å². The van der Waals surface area contributed by atoms with Crippen molar-refractivity contribution < 1.29 is 19.1 Å². The molecule has 0 aromatic heterocycles. The van der Waals surface area contributed by atoms with Gasteiger partial charge in [-0.3, -0.25) is 14.9 Å². The molecule has 0 atom stereocenters. The molecule has 0 aliphatic heterocycles. The van der Waals surface area contributed by atoms with Crippen molar-refractivity contribution in [3.63, 3.8) is 0 Å². The van der Waals surface area contributed by atoms with Gasteiger partial charge in [0.1, 0.15) is 0 Å². The number of hydrogen-bond acceptors (Lipinski definition) is 4. The van der Waals surface area contributed by atoms with Crippen LogP contribution in [-0.2, 0) is 14.9 Å². The molecule has 0 unspecified atom stereocenters. The first-order chi connectivity index (χ1) is 12.6. The molecule has 0 bridgehead atoms. The lowest BCUT2D eigenvalue weighted by atomic mass is 9.87. The Hall–Kier alpha value is -2.95. The first kappa shape index (κ1) is 20.4. The van der Waals surface area contributed by atoms with Crippen LogP contribution in [0, 0.1) is 13.8 Å². The molecule has 142 valence electrons. The second kappa shape index (κ2) is 8.16. The standard InChI is InChI=1S/C22H25NO4/c1-14-6-7-15(2)18(12-14)21(26)27-13-19(24)23-20(25)16-8-10-17(11-9-16)22(3,4)5/h6-12H,13H2,1-5H3,(H,23,24,25). The highest BCUT2D eigenvalue weighted by Gasteiger charge is 2.17.